The van der Waals surface area contributed by atoms with E-state index >= 15 is 0 Å². The molecule has 0 aromatic heterocycles. The molecule has 0 aromatic carbocycles. The molecule has 0 saturated carbocycles. The van der Waals surface area contributed by atoms with Gasteiger partial charge in [0.1, 0.15) is 0 Å². The largest absolute Gasteiger partial charge is 0.424 e. The van der Waals surface area contributed by atoms with Crippen molar-refractivity contribution in [3.8, 4) is 0 Å². The van der Waals surface area contributed by atoms with Crippen molar-refractivity contribution in [1.29, 1.82) is 0 Å². The van der Waals surface area contributed by atoms with Gasteiger partial charge >= 0.3 is 5.97 Å². The maximum Gasteiger partial charge on any atom is 0.335 e. The van der Waals surface area contributed by atoms with Crippen LogP contribution >= 0.6 is 12.6 Å². The Kier molecular flexibility index (Phi) is 5.41. The second-order valence-electron chi connectivity index (χ2n) is 2.31. The van der Waals surface area contributed by atoms with Crippen LogP contribution in [0.4, 0.5) is 0 Å². The van der Waals surface area contributed by atoms with Gasteiger partial charge in [0.15, 0.2) is 0 Å². The lowest BCUT2D eigenvalue weighted by molar-refractivity contribution is -0.176. The molecule has 0 spiro atoms. The number of carbonyl (C=O) groups is 2. The average molecular weight is 204 g/mol. The van der Waals surface area contributed by atoms with E-state index in [9.17, 15) is 9.59 Å². The Morgan fingerprint density at radius 2 is 2.08 bits per heavy atom. The highest BCUT2D eigenvalue weighted by Crippen LogP contribution is 2.03. The van der Waals surface area contributed by atoms with Crippen molar-refractivity contribution in [2.24, 2.45) is 0 Å². The lowest BCUT2D eigenvalue weighted by Gasteiger charge is -2.13. The second kappa shape index (κ2) is 5.77. The van der Waals surface area contributed by atoms with Crippen LogP contribution < -0.4 is 0 Å². The highest BCUT2D eigenvalue weighted by Gasteiger charge is 2.20. The molecule has 0 heterocycles. The monoisotopic (exact) mass is 204 g/mol. The summed E-state index contributed by atoms with van der Waals surface area (Å²) in [4.78, 5) is 21.7. The van der Waals surface area contributed by atoms with Crippen molar-refractivity contribution in [1.82, 2.24) is 0 Å². The molecule has 5 heteroatoms. The minimum Gasteiger partial charge on any atom is -0.424 e. The van der Waals surface area contributed by atoms with Crippen LogP contribution in [0, 0.1) is 0 Å². The van der Waals surface area contributed by atoms with Gasteiger partial charge in [0, 0.05) is 12.2 Å². The molecule has 0 fully saturated rings. The van der Waals surface area contributed by atoms with Crippen molar-refractivity contribution >= 4 is 23.7 Å². The summed E-state index contributed by atoms with van der Waals surface area (Å²) >= 11 is 3.50. The fourth-order valence-corrected chi connectivity index (χ4v) is 0.632. The Morgan fingerprint density at radius 3 is 2.38 bits per heavy atom. The first-order chi connectivity index (χ1) is 5.99. The lowest BCUT2D eigenvalue weighted by atomic mass is 10.4. The van der Waals surface area contributed by atoms with Crippen molar-refractivity contribution < 1.29 is 19.1 Å². The van der Waals surface area contributed by atoms with Crippen LogP contribution in [0.1, 0.15) is 13.8 Å². The molecule has 0 aliphatic rings. The van der Waals surface area contributed by atoms with Gasteiger partial charge in [-0.25, -0.2) is 4.79 Å². The number of thiol groups is 1. The van der Waals surface area contributed by atoms with E-state index < -0.39 is 17.4 Å². The standard InChI is InChI=1S/C8H12O4S/c1-4-11-8(7(10)13)12-6(9)5(2)3/h8H,2,4H2,1,3H3,(H,10,13). The highest BCUT2D eigenvalue weighted by molar-refractivity contribution is 7.96. The van der Waals surface area contributed by atoms with E-state index in [2.05, 4.69) is 23.9 Å². The van der Waals surface area contributed by atoms with Gasteiger partial charge in [-0.1, -0.05) is 19.2 Å². The van der Waals surface area contributed by atoms with E-state index in [1.807, 2.05) is 0 Å². The first-order valence-corrected chi connectivity index (χ1v) is 4.14. The van der Waals surface area contributed by atoms with E-state index in [0.717, 1.165) is 0 Å². The number of carbonyl (C=O) groups excluding carboxylic acids is 2. The molecule has 1 unspecified atom stereocenters. The van der Waals surface area contributed by atoms with Crippen LogP contribution in [0.3, 0.4) is 0 Å². The fraction of sp³-hybridized carbons (Fsp3) is 0.500. The van der Waals surface area contributed by atoms with E-state index in [1.54, 1.807) is 6.92 Å². The minimum atomic E-state index is -1.24. The number of ether oxygens (including phenoxy) is 2. The first kappa shape index (κ1) is 12.2. The summed E-state index contributed by atoms with van der Waals surface area (Å²) in [5, 5.41) is -0.642. The maximum absolute atomic E-state index is 10.9. The fourth-order valence-electron chi connectivity index (χ4n) is 0.505. The Balaban J connectivity index is 4.17. The Morgan fingerprint density at radius 1 is 1.54 bits per heavy atom. The van der Waals surface area contributed by atoms with Gasteiger partial charge in [-0.05, 0) is 13.8 Å². The van der Waals surface area contributed by atoms with Crippen molar-refractivity contribution in [2.45, 2.75) is 20.1 Å². The van der Waals surface area contributed by atoms with Gasteiger partial charge < -0.3 is 9.47 Å². The molecule has 0 amide bonds. The predicted octanol–water partition coefficient (Wildman–Crippen LogP) is 0.925. The van der Waals surface area contributed by atoms with Gasteiger partial charge in [0.05, 0.1) is 0 Å². The summed E-state index contributed by atoms with van der Waals surface area (Å²) in [6, 6.07) is 0. The third-order valence-electron chi connectivity index (χ3n) is 1.08. The minimum absolute atomic E-state index is 0.208. The van der Waals surface area contributed by atoms with Crippen molar-refractivity contribution in [3.63, 3.8) is 0 Å². The van der Waals surface area contributed by atoms with Gasteiger partial charge in [-0.3, -0.25) is 4.79 Å². The molecule has 0 aliphatic carbocycles. The molecule has 4 nitrogen and oxygen atoms in total. The molecule has 13 heavy (non-hydrogen) atoms. The van der Waals surface area contributed by atoms with Crippen LogP contribution in [0.5, 0.6) is 0 Å². The second-order valence-corrected chi connectivity index (χ2v) is 2.75. The van der Waals surface area contributed by atoms with E-state index in [4.69, 9.17) is 4.74 Å². The highest BCUT2D eigenvalue weighted by atomic mass is 32.1. The zero-order valence-electron chi connectivity index (χ0n) is 7.57. The predicted molar refractivity (Wildman–Crippen MR) is 50.3 cm³/mol. The number of rotatable bonds is 5. The molecular weight excluding hydrogens is 192 g/mol. The molecule has 74 valence electrons. The molecule has 1 atom stereocenters. The summed E-state index contributed by atoms with van der Waals surface area (Å²) in [5.41, 5.74) is 0.208. The molecule has 0 N–H and O–H groups in total. The summed E-state index contributed by atoms with van der Waals surface area (Å²) < 4.78 is 9.44. The average Bonchev–Trinajstić information content (AvgIpc) is 2.03. The summed E-state index contributed by atoms with van der Waals surface area (Å²) in [6.07, 6.45) is -1.24. The molecule has 0 bridgehead atoms. The number of hydrogen-bond acceptors (Lipinski definition) is 4. The van der Waals surface area contributed by atoms with Crippen molar-refractivity contribution in [2.75, 3.05) is 6.61 Å². The third-order valence-corrected chi connectivity index (χ3v) is 1.29. The Labute approximate surface area is 82.3 Å². The van der Waals surface area contributed by atoms with E-state index in [0.29, 0.717) is 0 Å². The quantitative estimate of drug-likeness (QED) is 0.313. The molecule has 0 saturated heterocycles. The van der Waals surface area contributed by atoms with Gasteiger partial charge in [0.25, 0.3) is 11.4 Å². The smallest absolute Gasteiger partial charge is 0.335 e. The zero-order chi connectivity index (χ0) is 10.4. The van der Waals surface area contributed by atoms with E-state index in [-0.39, 0.29) is 12.2 Å². The van der Waals surface area contributed by atoms with Crippen LogP contribution in [-0.2, 0) is 19.1 Å². The summed E-state index contributed by atoms with van der Waals surface area (Å²) in [7, 11) is 0. The number of hydrogen-bond donors (Lipinski definition) is 1. The summed E-state index contributed by atoms with van der Waals surface area (Å²) in [5.74, 6) is -0.666. The Hall–Kier alpha value is -0.810. The Bertz CT molecular complexity index is 224. The zero-order valence-corrected chi connectivity index (χ0v) is 8.47. The van der Waals surface area contributed by atoms with Gasteiger partial charge in [0.2, 0.25) is 0 Å². The molecular formula is C8H12O4S. The lowest BCUT2D eigenvalue weighted by Crippen LogP contribution is -2.27. The molecule has 0 aromatic rings. The van der Waals surface area contributed by atoms with Gasteiger partial charge in [-0.15, -0.1) is 0 Å². The molecule has 0 radical (unpaired) electrons. The van der Waals surface area contributed by atoms with Crippen molar-refractivity contribution in [3.05, 3.63) is 12.2 Å². The normalized spacial score (nSPS) is 11.9. The van der Waals surface area contributed by atoms with E-state index in [1.165, 1.54) is 6.92 Å². The van der Waals surface area contributed by atoms with Crippen LogP contribution in [0.2, 0.25) is 0 Å². The summed E-state index contributed by atoms with van der Waals surface area (Å²) in [6.45, 7) is 6.78. The topological polar surface area (TPSA) is 52.6 Å². The third kappa shape index (κ3) is 4.69. The van der Waals surface area contributed by atoms with Gasteiger partial charge in [-0.2, -0.15) is 0 Å². The van der Waals surface area contributed by atoms with Crippen LogP contribution in [-0.4, -0.2) is 24.0 Å². The number of esters is 1. The molecule has 0 rings (SSSR count). The van der Waals surface area contributed by atoms with Crippen LogP contribution in [0.15, 0.2) is 12.2 Å². The SMILES string of the molecule is C=C(C)C(=O)OC(OCC)C(=O)S. The maximum atomic E-state index is 10.9. The first-order valence-electron chi connectivity index (χ1n) is 3.70. The van der Waals surface area contributed by atoms with Crippen LogP contribution in [0.25, 0.3) is 0 Å². The molecule has 0 aliphatic heterocycles.